The molecule has 0 aromatic heterocycles. The molecule has 0 spiro atoms. The van der Waals surface area contributed by atoms with Crippen molar-refractivity contribution in [1.82, 2.24) is 0 Å². The third-order valence-corrected chi connectivity index (χ3v) is 3.66. The van der Waals surface area contributed by atoms with Gasteiger partial charge in [-0.25, -0.2) is 4.79 Å². The molecular weight excluding hydrogens is 558 g/mol. The van der Waals surface area contributed by atoms with E-state index in [4.69, 9.17) is 5.53 Å². The molecular formula is C17H26B2F6K2N2O7. The van der Waals surface area contributed by atoms with Gasteiger partial charge in [0.25, 0.3) is 7.27 Å². The van der Waals surface area contributed by atoms with E-state index in [1.54, 1.807) is 20.8 Å². The molecule has 0 aliphatic heterocycles. The molecule has 1 atom stereocenters. The topological polar surface area (TPSA) is 132 Å². The van der Waals surface area contributed by atoms with Crippen molar-refractivity contribution in [3.05, 3.63) is 18.7 Å². The summed E-state index contributed by atoms with van der Waals surface area (Å²) in [6.45, 7) is 13.1. The van der Waals surface area contributed by atoms with Crippen molar-refractivity contribution in [2.45, 2.75) is 39.9 Å². The summed E-state index contributed by atoms with van der Waals surface area (Å²) in [7, 11) is -7.17. The number of carbonyl (C=O) groups is 4. The molecule has 1 rings (SSSR count). The molecule has 1 aliphatic carbocycles. The van der Waals surface area contributed by atoms with Gasteiger partial charge in [-0.3, -0.25) is 38.6 Å². The van der Waals surface area contributed by atoms with E-state index in [1.165, 1.54) is 0 Å². The predicted octanol–water partition coefficient (Wildman–Crippen LogP) is -3.51. The zero-order valence-corrected chi connectivity index (χ0v) is 27.3. The molecule has 1 fully saturated rings. The van der Waals surface area contributed by atoms with E-state index in [1.807, 2.05) is 0 Å². The SMILES string of the molecule is CCOC(=O)C(=[N+]=[N-])C(C)=O.CCOC(=O)C1(C(=O)OCC)C[C@@H]1[BH-](F)F.F.FB(F)F.[CH-]=C.[K+].[K+]. The van der Waals surface area contributed by atoms with Crippen molar-refractivity contribution in [2.75, 3.05) is 19.8 Å². The van der Waals surface area contributed by atoms with Crippen LogP contribution in [0.15, 0.2) is 6.58 Å². The average Bonchev–Trinajstić information content (AvgIpc) is 3.48. The fraction of sp³-hybridized carbons (Fsp3) is 0.588. The fourth-order valence-corrected chi connectivity index (χ4v) is 2.26. The quantitative estimate of drug-likeness (QED) is 0.0333. The van der Waals surface area contributed by atoms with E-state index in [-0.39, 0.29) is 134 Å². The molecule has 19 heteroatoms. The molecule has 0 unspecified atom stereocenters. The van der Waals surface area contributed by atoms with Gasteiger partial charge in [0, 0.05) is 6.92 Å². The van der Waals surface area contributed by atoms with Gasteiger partial charge in [0.2, 0.25) is 5.78 Å². The van der Waals surface area contributed by atoms with Crippen LogP contribution in [-0.2, 0) is 33.4 Å². The van der Waals surface area contributed by atoms with Crippen molar-refractivity contribution in [3.63, 3.8) is 0 Å². The molecule has 1 aliphatic rings. The molecule has 0 bridgehead atoms. The monoisotopic (exact) mass is 584 g/mol. The van der Waals surface area contributed by atoms with Gasteiger partial charge in [-0.2, -0.15) is 4.79 Å². The number of ether oxygens (including phenoxy) is 3. The van der Waals surface area contributed by atoms with Crippen LogP contribution in [0.5, 0.6) is 0 Å². The van der Waals surface area contributed by atoms with Gasteiger partial charge in [-0.05, 0) is 20.8 Å². The molecule has 0 N–H and O–H groups in total. The van der Waals surface area contributed by atoms with E-state index in [2.05, 4.69) is 32.2 Å². The standard InChI is InChI=1S/C9H14BF2O4.C6H8N2O3.C2H3.BF3.FH.2K/c1-3-15-7(13)9(8(14)16-4-2)5-6(9)10(11)12;1-3-11-6(10)5(8-7)4(2)9;1-2;2-1(3)4;;;/h6,10H,3-5H2,1-2H3;3H2,1-2H3;1H,2H2;;1H;;/q-1;;-1;;;2*+1/t6-;;;;;;/m0....../s1. The van der Waals surface area contributed by atoms with Crippen molar-refractivity contribution >= 4 is 44.2 Å². The molecule has 196 valence electrons. The maximum absolute atomic E-state index is 12.6. The van der Waals surface area contributed by atoms with Gasteiger partial charge in [-0.15, -0.1) is 0 Å². The Kier molecular flexibility index (Phi) is 38.5. The molecule has 9 nitrogen and oxygen atoms in total. The fourth-order valence-electron chi connectivity index (χ4n) is 2.26. The van der Waals surface area contributed by atoms with Gasteiger partial charge in [0.1, 0.15) is 5.41 Å². The molecule has 0 radical (unpaired) electrons. The first-order valence-corrected chi connectivity index (χ1v) is 9.40. The third kappa shape index (κ3) is 19.3. The van der Waals surface area contributed by atoms with Crippen LogP contribution in [0.1, 0.15) is 34.1 Å². The minimum absolute atomic E-state index is 0. The first-order chi connectivity index (χ1) is 15.4. The molecule has 0 heterocycles. The summed E-state index contributed by atoms with van der Waals surface area (Å²) in [6, 6.07) is 0. The normalized spacial score (nSPS) is 13.0. The second-order valence-corrected chi connectivity index (χ2v) is 5.70. The number of halogens is 6. The Balaban J connectivity index is -0.0000000992. The molecule has 1 saturated carbocycles. The summed E-state index contributed by atoms with van der Waals surface area (Å²) in [6.07, 6.45) is -0.155. The number of nitrogens with zero attached hydrogens (tertiary/aromatic N) is 2. The van der Waals surface area contributed by atoms with Crippen molar-refractivity contribution in [3.8, 4) is 0 Å². The Hall–Kier alpha value is 0.183. The number of hydrogen-bond donors (Lipinski definition) is 0. The van der Waals surface area contributed by atoms with Gasteiger partial charge >= 0.3 is 134 Å². The number of esters is 3. The number of Topliss-reactive ketones (excluding diaryl/α,β-unsaturated/α-hetero) is 1. The van der Waals surface area contributed by atoms with Crippen LogP contribution in [0.3, 0.4) is 0 Å². The van der Waals surface area contributed by atoms with Crippen LogP contribution in [0, 0.1) is 12.0 Å². The second kappa shape index (κ2) is 28.2. The van der Waals surface area contributed by atoms with Crippen LogP contribution in [0.4, 0.5) is 26.3 Å². The molecule has 0 aromatic carbocycles. The van der Waals surface area contributed by atoms with Gasteiger partial charge < -0.3 is 35.0 Å². The molecule has 0 amide bonds. The van der Waals surface area contributed by atoms with E-state index in [9.17, 15) is 40.8 Å². The largest absolute Gasteiger partial charge is 1.00 e. The molecule has 36 heavy (non-hydrogen) atoms. The Labute approximate surface area is 291 Å². The summed E-state index contributed by atoms with van der Waals surface area (Å²) < 4.78 is 67.9. The Morgan fingerprint density at radius 2 is 1.33 bits per heavy atom. The Morgan fingerprint density at radius 3 is 1.53 bits per heavy atom. The summed E-state index contributed by atoms with van der Waals surface area (Å²) in [5, 5.41) is 0. The Morgan fingerprint density at radius 1 is 1.00 bits per heavy atom. The summed E-state index contributed by atoms with van der Waals surface area (Å²) in [5.41, 5.74) is 5.86. The second-order valence-electron chi connectivity index (χ2n) is 5.70. The minimum atomic E-state index is -3.67. The van der Waals surface area contributed by atoms with Crippen molar-refractivity contribution in [2.24, 2.45) is 5.41 Å². The summed E-state index contributed by atoms with van der Waals surface area (Å²) in [5.74, 6) is -4.48. The Bertz CT molecular complexity index is 700. The van der Waals surface area contributed by atoms with Crippen LogP contribution in [0.25, 0.3) is 5.53 Å². The maximum atomic E-state index is 12.6. The molecule has 0 saturated heterocycles. The van der Waals surface area contributed by atoms with Crippen LogP contribution < -0.4 is 103 Å². The van der Waals surface area contributed by atoms with Crippen LogP contribution >= 0.6 is 0 Å². The first-order valence-electron chi connectivity index (χ1n) is 9.40. The van der Waals surface area contributed by atoms with Gasteiger partial charge in [0.15, 0.2) is 0 Å². The molecule has 0 aromatic rings. The maximum Gasteiger partial charge on any atom is 1.00 e. The van der Waals surface area contributed by atoms with Crippen LogP contribution in [-0.4, -0.2) is 68.8 Å². The van der Waals surface area contributed by atoms with Gasteiger partial charge in [-0.1, -0.05) is 12.2 Å². The number of ketones is 1. The minimum Gasteiger partial charge on any atom is -0.521 e. The third-order valence-electron chi connectivity index (χ3n) is 3.66. The summed E-state index contributed by atoms with van der Waals surface area (Å²) in [4.78, 5) is 46.7. The average molecular weight is 584 g/mol. The summed E-state index contributed by atoms with van der Waals surface area (Å²) >= 11 is 0. The number of rotatable bonds is 8. The van der Waals surface area contributed by atoms with Gasteiger partial charge in [0.05, 0.1) is 19.8 Å². The smallest absolute Gasteiger partial charge is 0.521 e. The number of hydrogen-bond acceptors (Lipinski definition) is 7. The van der Waals surface area contributed by atoms with Crippen molar-refractivity contribution in [1.29, 1.82) is 0 Å². The van der Waals surface area contributed by atoms with Crippen LogP contribution in [0.2, 0.25) is 5.82 Å². The number of carbonyl (C=O) groups excluding carboxylic acids is 4. The first kappa shape index (κ1) is 49.2. The predicted molar refractivity (Wildman–Crippen MR) is 111 cm³/mol. The van der Waals surface area contributed by atoms with E-state index >= 15 is 0 Å². The van der Waals surface area contributed by atoms with E-state index in [0.717, 1.165) is 6.92 Å². The van der Waals surface area contributed by atoms with E-state index < -0.39 is 55.4 Å². The zero-order valence-electron chi connectivity index (χ0n) is 21.0. The van der Waals surface area contributed by atoms with E-state index in [0.29, 0.717) is 0 Å². The van der Waals surface area contributed by atoms with Crippen molar-refractivity contribution < 1.29 is 167 Å². The zero-order chi connectivity index (χ0) is 26.8.